The van der Waals surface area contributed by atoms with Gasteiger partial charge in [-0.2, -0.15) is 5.26 Å². The molecule has 2 fully saturated rings. The lowest BCUT2D eigenvalue weighted by Crippen LogP contribution is -2.67. The first-order valence-corrected chi connectivity index (χ1v) is 27.8. The average Bonchev–Trinajstić information content (AvgIpc) is 3.67. The lowest BCUT2D eigenvalue weighted by Gasteiger charge is -2.45. The molecule has 2 aliphatic heterocycles. The molecule has 372 valence electrons. The molecule has 1 amide bonds. The first-order chi connectivity index (χ1) is 33.7. The van der Waals surface area contributed by atoms with Gasteiger partial charge in [0.2, 0.25) is 5.91 Å². The van der Waals surface area contributed by atoms with Gasteiger partial charge in [-0.3, -0.25) is 4.79 Å². The number of carbonyl (C=O) groups excluding carboxylic acids is 1. The minimum absolute atomic E-state index is 0.0208. The highest BCUT2D eigenvalue weighted by Gasteiger charge is 2.52. The number of rotatable bonds is 21. The van der Waals surface area contributed by atoms with E-state index >= 15 is 0 Å². The van der Waals surface area contributed by atoms with Crippen LogP contribution in [0.5, 0.6) is 11.5 Å². The van der Waals surface area contributed by atoms with Crippen molar-refractivity contribution in [3.8, 4) is 17.6 Å². The van der Waals surface area contributed by atoms with Crippen LogP contribution in [0.4, 0.5) is 0 Å². The highest BCUT2D eigenvalue weighted by atomic mass is 31.2. The highest BCUT2D eigenvalue weighted by Crippen LogP contribution is 2.50. The van der Waals surface area contributed by atoms with Crippen LogP contribution >= 0.6 is 8.53 Å². The van der Waals surface area contributed by atoms with Crippen LogP contribution in [0.15, 0.2) is 140 Å². The van der Waals surface area contributed by atoms with Crippen LogP contribution < -0.4 is 19.8 Å². The lowest BCUT2D eigenvalue weighted by molar-refractivity contribution is -0.149. The Morgan fingerprint density at radius 2 is 1.27 bits per heavy atom. The molecule has 5 aromatic rings. The van der Waals surface area contributed by atoms with E-state index in [4.69, 9.17) is 32.4 Å². The molecule has 0 aromatic heterocycles. The number of likely N-dealkylation sites (tertiary alicyclic amines) is 1. The van der Waals surface area contributed by atoms with Crippen molar-refractivity contribution in [3.05, 3.63) is 156 Å². The standard InChI is InChI=1S/C57H72N3O8PSi/c1-42(2)60(43(3)4)69(65-39-19-37-58)67-52-40-55(59-38-36-49(34-35-54(59)61)68-70(56(5,6)7,50-22-15-11-16-23-50)51-24-17-12-18-25-51)66-53(52)41-64-57(44-20-13-10-14-21-44,45-26-30-47(62-8)31-27-45)46-28-32-48(63-9)33-29-46/h10-18,20-33,42-43,49,52-53,55H,19,34-36,38-41H2,1-9H3/t49-,52?,53-,55-,69?/m1/s1. The van der Waals surface area contributed by atoms with E-state index in [9.17, 15) is 10.1 Å². The van der Waals surface area contributed by atoms with Gasteiger partial charge in [-0.25, -0.2) is 4.67 Å². The second-order valence-electron chi connectivity index (χ2n) is 19.7. The van der Waals surface area contributed by atoms with Crippen LogP contribution in [-0.2, 0) is 33.3 Å². The molecule has 0 saturated carbocycles. The van der Waals surface area contributed by atoms with E-state index in [0.29, 0.717) is 32.2 Å². The summed E-state index contributed by atoms with van der Waals surface area (Å²) in [4.78, 5) is 16.5. The molecule has 2 heterocycles. The third kappa shape index (κ3) is 11.7. The Balaban J connectivity index is 1.24. The summed E-state index contributed by atoms with van der Waals surface area (Å²) in [7, 11) is -1.24. The Morgan fingerprint density at radius 1 is 0.757 bits per heavy atom. The second-order valence-corrected chi connectivity index (χ2v) is 25.3. The highest BCUT2D eigenvalue weighted by molar-refractivity contribution is 7.44. The molecule has 0 bridgehead atoms. The maximum atomic E-state index is 14.6. The monoisotopic (exact) mass is 985 g/mol. The summed E-state index contributed by atoms with van der Waals surface area (Å²) in [6, 6.07) is 49.9. The summed E-state index contributed by atoms with van der Waals surface area (Å²) in [5.74, 6) is 1.47. The molecule has 2 aliphatic rings. The van der Waals surface area contributed by atoms with Gasteiger partial charge in [0.25, 0.3) is 16.8 Å². The van der Waals surface area contributed by atoms with Gasteiger partial charge < -0.3 is 37.3 Å². The van der Waals surface area contributed by atoms with E-state index in [2.05, 4.69) is 132 Å². The zero-order chi connectivity index (χ0) is 49.9. The van der Waals surface area contributed by atoms with Crippen molar-refractivity contribution in [2.45, 2.75) is 128 Å². The SMILES string of the molecule is COc1ccc(C(OC[C@H]2O[C@@H](N3CC[C@H](O[Si](c4ccccc4)(c4ccccc4)C(C)(C)C)CCC3=O)CC2OP(OCCC#N)N(C(C)C)C(C)C)(c2ccccc2)c2ccc(OC)cc2)cc1. The van der Waals surface area contributed by atoms with Crippen molar-refractivity contribution in [2.24, 2.45) is 0 Å². The Kier molecular flexibility index (Phi) is 18.1. The topological polar surface area (TPSA) is 112 Å². The lowest BCUT2D eigenvalue weighted by atomic mass is 9.80. The summed E-state index contributed by atoms with van der Waals surface area (Å²) in [5.41, 5.74) is 1.57. The summed E-state index contributed by atoms with van der Waals surface area (Å²) in [6.45, 7) is 16.1. The predicted octanol–water partition coefficient (Wildman–Crippen LogP) is 10.7. The van der Waals surface area contributed by atoms with Crippen LogP contribution in [0.3, 0.4) is 0 Å². The molecular formula is C57H72N3O8PSi. The molecular weight excluding hydrogens is 914 g/mol. The number of nitriles is 1. The number of hydrogen-bond donors (Lipinski definition) is 0. The van der Waals surface area contributed by atoms with E-state index in [1.807, 2.05) is 71.6 Å². The van der Waals surface area contributed by atoms with E-state index < -0.39 is 40.9 Å². The number of nitrogens with zero attached hydrogens (tertiary/aromatic N) is 3. The van der Waals surface area contributed by atoms with Crippen molar-refractivity contribution >= 4 is 33.1 Å². The molecule has 7 rings (SSSR count). The third-order valence-electron chi connectivity index (χ3n) is 13.5. The predicted molar refractivity (Wildman–Crippen MR) is 280 cm³/mol. The van der Waals surface area contributed by atoms with Crippen molar-refractivity contribution in [1.29, 1.82) is 5.26 Å². The molecule has 5 aromatic carbocycles. The third-order valence-corrected chi connectivity index (χ3v) is 20.8. The van der Waals surface area contributed by atoms with Crippen LogP contribution in [0.1, 0.15) is 97.3 Å². The average molecular weight is 986 g/mol. The Morgan fingerprint density at radius 3 is 1.76 bits per heavy atom. The van der Waals surface area contributed by atoms with Gasteiger partial charge in [0.15, 0.2) is 0 Å². The first-order valence-electron chi connectivity index (χ1n) is 24.7. The van der Waals surface area contributed by atoms with Gasteiger partial charge in [-0.15, -0.1) is 0 Å². The summed E-state index contributed by atoms with van der Waals surface area (Å²) < 4.78 is 49.3. The van der Waals surface area contributed by atoms with Gasteiger partial charge in [0, 0.05) is 37.6 Å². The summed E-state index contributed by atoms with van der Waals surface area (Å²) in [6.07, 6.45) is 0.243. The number of hydrogen-bond acceptors (Lipinski definition) is 10. The summed E-state index contributed by atoms with van der Waals surface area (Å²) >= 11 is 0. The molecule has 2 unspecified atom stereocenters. The molecule has 70 heavy (non-hydrogen) atoms. The Labute approximate surface area is 419 Å². The molecule has 11 nitrogen and oxygen atoms in total. The molecule has 5 atom stereocenters. The fraction of sp³-hybridized carbons (Fsp3) is 0.439. The maximum absolute atomic E-state index is 14.6. The molecule has 0 N–H and O–H groups in total. The van der Waals surface area contributed by atoms with Gasteiger partial charge in [-0.1, -0.05) is 136 Å². The zero-order valence-corrected chi connectivity index (χ0v) is 44.3. The van der Waals surface area contributed by atoms with Crippen LogP contribution in [-0.4, -0.2) is 94.4 Å². The minimum Gasteiger partial charge on any atom is -0.497 e. The van der Waals surface area contributed by atoms with Crippen LogP contribution in [0, 0.1) is 11.3 Å². The fourth-order valence-corrected chi connectivity index (χ4v) is 16.7. The van der Waals surface area contributed by atoms with Crippen LogP contribution in [0.25, 0.3) is 0 Å². The van der Waals surface area contributed by atoms with E-state index in [1.54, 1.807) is 14.2 Å². The molecule has 0 radical (unpaired) electrons. The number of amides is 1. The smallest absolute Gasteiger partial charge is 0.261 e. The number of ether oxygens (including phenoxy) is 4. The largest absolute Gasteiger partial charge is 0.497 e. The van der Waals surface area contributed by atoms with E-state index in [-0.39, 0.29) is 48.8 Å². The van der Waals surface area contributed by atoms with Crippen molar-refractivity contribution in [1.82, 2.24) is 9.57 Å². The number of methoxy groups -OCH3 is 2. The maximum Gasteiger partial charge on any atom is 0.261 e. The van der Waals surface area contributed by atoms with Gasteiger partial charge in [0.1, 0.15) is 29.4 Å². The minimum atomic E-state index is -2.89. The molecule has 13 heteroatoms. The van der Waals surface area contributed by atoms with Crippen molar-refractivity contribution in [2.75, 3.05) is 34.0 Å². The quantitative estimate of drug-likeness (QED) is 0.0305. The summed E-state index contributed by atoms with van der Waals surface area (Å²) in [5, 5.41) is 11.8. The fourth-order valence-electron chi connectivity index (χ4n) is 10.2. The van der Waals surface area contributed by atoms with Crippen LogP contribution in [0.2, 0.25) is 5.04 Å². The van der Waals surface area contributed by atoms with Gasteiger partial charge >= 0.3 is 0 Å². The first kappa shape index (κ1) is 52.9. The Hall–Kier alpha value is -4.93. The second kappa shape index (κ2) is 24.0. The van der Waals surface area contributed by atoms with Gasteiger partial charge in [0.05, 0.1) is 46.0 Å². The van der Waals surface area contributed by atoms with Crippen molar-refractivity contribution < 1.29 is 37.2 Å². The van der Waals surface area contributed by atoms with Crippen molar-refractivity contribution in [3.63, 3.8) is 0 Å². The normalized spacial score (nSPS) is 19.6. The Bertz CT molecular complexity index is 2340. The number of benzene rings is 5. The number of carbonyl (C=O) groups is 1. The molecule has 0 spiro atoms. The van der Waals surface area contributed by atoms with Gasteiger partial charge in [-0.05, 0) is 96.9 Å². The van der Waals surface area contributed by atoms with E-state index in [1.165, 1.54) is 10.4 Å². The molecule has 2 saturated heterocycles. The molecule has 0 aliphatic carbocycles. The zero-order valence-electron chi connectivity index (χ0n) is 42.5. The van der Waals surface area contributed by atoms with E-state index in [0.717, 1.165) is 28.2 Å².